The van der Waals surface area contributed by atoms with E-state index in [1.54, 1.807) is 0 Å². The van der Waals surface area contributed by atoms with Gasteiger partial charge in [-0.15, -0.1) is 0 Å². The van der Waals surface area contributed by atoms with Crippen LogP contribution in [-0.4, -0.2) is 0 Å². The lowest BCUT2D eigenvalue weighted by atomic mass is 9.96. The molecule has 2 aromatic rings. The molecule has 0 unspecified atom stereocenters. The largest absolute Gasteiger partial charge is 0.0984 e. The zero-order chi connectivity index (χ0) is 12.4. The van der Waals surface area contributed by atoms with Gasteiger partial charge in [0.2, 0.25) is 0 Å². The maximum Gasteiger partial charge on any atom is -0.0175 e. The van der Waals surface area contributed by atoms with Gasteiger partial charge in [0.1, 0.15) is 0 Å². The van der Waals surface area contributed by atoms with Gasteiger partial charge in [0.25, 0.3) is 0 Å². The van der Waals surface area contributed by atoms with Crippen molar-refractivity contribution in [2.45, 2.75) is 19.8 Å². The summed E-state index contributed by atoms with van der Waals surface area (Å²) in [5.74, 6) is 0.561. The van der Waals surface area contributed by atoms with Crippen LogP contribution in [0.5, 0.6) is 0 Å². The zero-order valence-electron chi connectivity index (χ0n) is 10.5. The van der Waals surface area contributed by atoms with Crippen molar-refractivity contribution in [3.63, 3.8) is 0 Å². The van der Waals surface area contributed by atoms with E-state index in [0.717, 1.165) is 11.1 Å². The molecule has 17 heavy (non-hydrogen) atoms. The first-order valence-corrected chi connectivity index (χ1v) is 5.98. The fraction of sp³-hybridized carbons (Fsp3) is 0.176. The summed E-state index contributed by atoms with van der Waals surface area (Å²) in [5.41, 5.74) is 3.66. The van der Waals surface area contributed by atoms with E-state index in [0.29, 0.717) is 5.92 Å². The molecule has 0 N–H and O–H groups in total. The van der Waals surface area contributed by atoms with Gasteiger partial charge in [0.15, 0.2) is 0 Å². The van der Waals surface area contributed by atoms with E-state index >= 15 is 0 Å². The molecule has 0 saturated heterocycles. The average molecular weight is 222 g/mol. The molecule has 0 aliphatic carbocycles. The third-order valence-corrected chi connectivity index (χ3v) is 3.17. The summed E-state index contributed by atoms with van der Waals surface area (Å²) < 4.78 is 0. The summed E-state index contributed by atoms with van der Waals surface area (Å²) in [7, 11) is 0. The standard InChI is InChI=1S/C17H18/c1-5-13-9-16-8-7-15(12(3)4)11-17(16)10-14(13)6-2/h5-12H,1-2H2,3-4H3. The Bertz CT molecular complexity index is 574. The highest BCUT2D eigenvalue weighted by atomic mass is 14.1. The fourth-order valence-electron chi connectivity index (χ4n) is 2.06. The molecule has 86 valence electrons. The van der Waals surface area contributed by atoms with Gasteiger partial charge in [-0.3, -0.25) is 0 Å². The van der Waals surface area contributed by atoms with E-state index in [-0.39, 0.29) is 0 Å². The molecule has 0 aromatic heterocycles. The molecular weight excluding hydrogens is 204 g/mol. The molecule has 0 aliphatic heterocycles. The van der Waals surface area contributed by atoms with Crippen molar-refractivity contribution in [1.82, 2.24) is 0 Å². The molecule has 0 heteroatoms. The van der Waals surface area contributed by atoms with E-state index in [4.69, 9.17) is 0 Å². The number of benzene rings is 2. The van der Waals surface area contributed by atoms with Crippen LogP contribution >= 0.6 is 0 Å². The summed E-state index contributed by atoms with van der Waals surface area (Å²) in [6.07, 6.45) is 3.77. The molecule has 0 bridgehead atoms. The molecule has 0 heterocycles. The zero-order valence-corrected chi connectivity index (χ0v) is 10.5. The molecule has 0 atom stereocenters. The molecule has 0 amide bonds. The quantitative estimate of drug-likeness (QED) is 0.665. The Labute approximate surface area is 103 Å². The fourth-order valence-corrected chi connectivity index (χ4v) is 2.06. The summed E-state index contributed by atoms with van der Waals surface area (Å²) in [4.78, 5) is 0. The predicted molar refractivity (Wildman–Crippen MR) is 78.2 cm³/mol. The van der Waals surface area contributed by atoms with Crippen molar-refractivity contribution < 1.29 is 0 Å². The van der Waals surface area contributed by atoms with Crippen molar-refractivity contribution >= 4 is 22.9 Å². The van der Waals surface area contributed by atoms with Gasteiger partial charge in [0, 0.05) is 0 Å². The first-order chi connectivity index (χ1) is 8.15. The van der Waals surface area contributed by atoms with Gasteiger partial charge in [-0.1, -0.05) is 57.4 Å². The molecule has 0 aliphatic rings. The highest BCUT2D eigenvalue weighted by molar-refractivity contribution is 5.88. The lowest BCUT2D eigenvalue weighted by molar-refractivity contribution is 0.869. The first kappa shape index (κ1) is 11.7. The first-order valence-electron chi connectivity index (χ1n) is 5.98. The van der Waals surface area contributed by atoms with Gasteiger partial charge >= 0.3 is 0 Å². The molecule has 2 rings (SSSR count). The third-order valence-electron chi connectivity index (χ3n) is 3.17. The van der Waals surface area contributed by atoms with Crippen molar-refractivity contribution in [2.75, 3.05) is 0 Å². The molecule has 0 radical (unpaired) electrons. The van der Waals surface area contributed by atoms with E-state index in [2.05, 4.69) is 57.3 Å². The van der Waals surface area contributed by atoms with Crippen molar-refractivity contribution in [1.29, 1.82) is 0 Å². The van der Waals surface area contributed by atoms with E-state index in [1.165, 1.54) is 16.3 Å². The van der Waals surface area contributed by atoms with Gasteiger partial charge in [-0.05, 0) is 45.5 Å². The van der Waals surface area contributed by atoms with Gasteiger partial charge in [-0.25, -0.2) is 0 Å². The second kappa shape index (κ2) is 4.58. The molecule has 0 saturated carbocycles. The lowest BCUT2D eigenvalue weighted by Gasteiger charge is -2.09. The highest BCUT2D eigenvalue weighted by Crippen LogP contribution is 2.25. The maximum atomic E-state index is 3.86. The van der Waals surface area contributed by atoms with Crippen LogP contribution in [0.25, 0.3) is 22.9 Å². The predicted octanol–water partition coefficient (Wildman–Crippen LogP) is 5.25. The summed E-state index contributed by atoms with van der Waals surface area (Å²) in [5, 5.41) is 2.53. The Morgan fingerprint density at radius 2 is 1.47 bits per heavy atom. The number of hydrogen-bond acceptors (Lipinski definition) is 0. The highest BCUT2D eigenvalue weighted by Gasteiger charge is 2.03. The molecule has 0 fully saturated rings. The minimum atomic E-state index is 0.561. The van der Waals surface area contributed by atoms with E-state index < -0.39 is 0 Å². The van der Waals surface area contributed by atoms with Crippen LogP contribution in [0.1, 0.15) is 36.5 Å². The Morgan fingerprint density at radius 3 is 2.00 bits per heavy atom. The van der Waals surface area contributed by atoms with Crippen molar-refractivity contribution in [3.8, 4) is 0 Å². The van der Waals surface area contributed by atoms with Gasteiger partial charge in [-0.2, -0.15) is 0 Å². The number of fused-ring (bicyclic) bond motifs is 1. The SMILES string of the molecule is C=Cc1cc2ccc(C(C)C)cc2cc1C=C. The Hall–Kier alpha value is -1.82. The molecule has 0 spiro atoms. The summed E-state index contributed by atoms with van der Waals surface area (Å²) >= 11 is 0. The van der Waals surface area contributed by atoms with Crippen molar-refractivity contribution in [2.24, 2.45) is 0 Å². The van der Waals surface area contributed by atoms with Crippen LogP contribution in [-0.2, 0) is 0 Å². The maximum absolute atomic E-state index is 3.86. The summed E-state index contributed by atoms with van der Waals surface area (Å²) in [6, 6.07) is 11.0. The Morgan fingerprint density at radius 1 is 0.882 bits per heavy atom. The Balaban J connectivity index is 2.70. The van der Waals surface area contributed by atoms with Crippen LogP contribution in [0.2, 0.25) is 0 Å². The minimum Gasteiger partial charge on any atom is -0.0984 e. The minimum absolute atomic E-state index is 0.561. The van der Waals surface area contributed by atoms with Crippen LogP contribution < -0.4 is 0 Å². The third kappa shape index (κ3) is 2.16. The smallest absolute Gasteiger partial charge is 0.0175 e. The van der Waals surface area contributed by atoms with Gasteiger partial charge in [0.05, 0.1) is 0 Å². The van der Waals surface area contributed by atoms with E-state index in [9.17, 15) is 0 Å². The van der Waals surface area contributed by atoms with E-state index in [1.807, 2.05) is 12.2 Å². The summed E-state index contributed by atoms with van der Waals surface area (Å²) in [6.45, 7) is 12.1. The Kier molecular flexibility index (Phi) is 3.14. The monoisotopic (exact) mass is 222 g/mol. The molecular formula is C17H18. The van der Waals surface area contributed by atoms with Crippen LogP contribution in [0.4, 0.5) is 0 Å². The second-order valence-electron chi connectivity index (χ2n) is 4.65. The number of hydrogen-bond donors (Lipinski definition) is 0. The average Bonchev–Trinajstić information content (AvgIpc) is 2.36. The van der Waals surface area contributed by atoms with Crippen LogP contribution in [0.3, 0.4) is 0 Å². The van der Waals surface area contributed by atoms with Crippen LogP contribution in [0, 0.1) is 0 Å². The molecule has 2 aromatic carbocycles. The number of rotatable bonds is 3. The van der Waals surface area contributed by atoms with Crippen LogP contribution in [0.15, 0.2) is 43.5 Å². The second-order valence-corrected chi connectivity index (χ2v) is 4.65. The van der Waals surface area contributed by atoms with Gasteiger partial charge < -0.3 is 0 Å². The van der Waals surface area contributed by atoms with Crippen molar-refractivity contribution in [3.05, 3.63) is 60.2 Å². The topological polar surface area (TPSA) is 0 Å². The normalized spacial score (nSPS) is 10.8. The molecule has 0 nitrogen and oxygen atoms in total. The lowest BCUT2D eigenvalue weighted by Crippen LogP contribution is -1.88.